The number of thiol groups is 1. The summed E-state index contributed by atoms with van der Waals surface area (Å²) in [5, 5.41) is 0. The van der Waals surface area contributed by atoms with Crippen LogP contribution in [0.15, 0.2) is 57.2 Å². The van der Waals surface area contributed by atoms with E-state index in [9.17, 15) is 19.4 Å². The molecule has 0 atom stereocenters. The van der Waals surface area contributed by atoms with E-state index in [0.717, 1.165) is 23.9 Å². The lowest BCUT2D eigenvalue weighted by molar-refractivity contribution is 0.364. The summed E-state index contributed by atoms with van der Waals surface area (Å²) in [5.41, 5.74) is 0.270. The third kappa shape index (κ3) is 4.76. The topological polar surface area (TPSA) is 12.4 Å². The Morgan fingerprint density at radius 1 is 0.920 bits per heavy atom. The van der Waals surface area contributed by atoms with Crippen molar-refractivity contribution in [3.63, 3.8) is 0 Å². The minimum Gasteiger partial charge on any atom is -0.255 e. The number of hydrogen-bond donors (Lipinski definition) is 1. The molecule has 8 heteroatoms. The minimum atomic E-state index is -9.82. The van der Waals surface area contributed by atoms with Crippen LogP contribution in [0.25, 0.3) is 0 Å². The second kappa shape index (κ2) is 5.48. The Bertz CT molecular complexity index is 837. The van der Waals surface area contributed by atoms with Gasteiger partial charge in [-0.05, 0) is 23.1 Å². The standard InChI is InChI=1S/C17H18F5NS2/c1-17(2,3)13-8-6-7-12(16(13)24)11-23-14-9-4-5-10-15(14)25(18,19,20,21)22/h4-11,24H,1-3H3. The molecule has 0 fully saturated rings. The number of aliphatic imine (C=N–C) groups is 1. The Labute approximate surface area is 149 Å². The van der Waals surface area contributed by atoms with Crippen LogP contribution in [-0.4, -0.2) is 6.21 Å². The predicted molar refractivity (Wildman–Crippen MR) is 97.5 cm³/mol. The van der Waals surface area contributed by atoms with Crippen LogP contribution in [0.1, 0.15) is 31.9 Å². The molecule has 0 aliphatic carbocycles. The van der Waals surface area contributed by atoms with E-state index < -0.39 is 20.8 Å². The molecule has 2 rings (SSSR count). The first kappa shape index (κ1) is 19.8. The van der Waals surface area contributed by atoms with Crippen molar-refractivity contribution in [3.8, 4) is 0 Å². The third-order valence-corrected chi connectivity index (χ3v) is 5.17. The first-order chi connectivity index (χ1) is 11.1. The van der Waals surface area contributed by atoms with Crippen molar-refractivity contribution >= 4 is 34.8 Å². The number of nitrogens with zero attached hydrogens (tertiary/aromatic N) is 1. The van der Waals surface area contributed by atoms with Crippen molar-refractivity contribution in [2.75, 3.05) is 0 Å². The summed E-state index contributed by atoms with van der Waals surface area (Å²) in [4.78, 5) is 2.22. The van der Waals surface area contributed by atoms with E-state index in [0.29, 0.717) is 16.5 Å². The Kier molecular flexibility index (Phi) is 4.33. The summed E-state index contributed by atoms with van der Waals surface area (Å²) in [5.74, 6) is 0. The minimum absolute atomic E-state index is 0.233. The molecule has 138 valence electrons. The number of hydrogen-bond acceptors (Lipinski definition) is 2. The molecule has 0 aliphatic rings. The summed E-state index contributed by atoms with van der Waals surface area (Å²) in [6, 6.07) is 8.59. The summed E-state index contributed by atoms with van der Waals surface area (Å²) in [6.07, 6.45) is 1.12. The number of benzene rings is 2. The molecule has 0 saturated carbocycles. The normalized spacial score (nSPS) is 15.9. The number of para-hydroxylation sites is 1. The average Bonchev–Trinajstić information content (AvgIpc) is 2.43. The number of halogens is 5. The second-order valence-corrected chi connectivity index (χ2v) is 9.51. The van der Waals surface area contributed by atoms with E-state index in [4.69, 9.17) is 0 Å². The molecule has 0 aromatic heterocycles. The van der Waals surface area contributed by atoms with Crippen molar-refractivity contribution in [1.29, 1.82) is 0 Å². The van der Waals surface area contributed by atoms with E-state index in [1.54, 1.807) is 12.1 Å². The quantitative estimate of drug-likeness (QED) is 0.311. The van der Waals surface area contributed by atoms with Gasteiger partial charge in [-0.3, -0.25) is 4.99 Å². The molecular weight excluding hydrogens is 377 g/mol. The van der Waals surface area contributed by atoms with E-state index in [2.05, 4.69) is 17.6 Å². The largest absolute Gasteiger partial charge is 0.312 e. The Morgan fingerprint density at radius 3 is 2.08 bits per heavy atom. The molecule has 2 aromatic carbocycles. The van der Waals surface area contributed by atoms with Gasteiger partial charge in [-0.25, -0.2) is 0 Å². The van der Waals surface area contributed by atoms with E-state index in [-0.39, 0.29) is 5.41 Å². The second-order valence-electron chi connectivity index (χ2n) is 6.69. The molecule has 0 aliphatic heterocycles. The maximum atomic E-state index is 13.1. The molecule has 0 N–H and O–H groups in total. The zero-order chi connectivity index (χ0) is 19.2. The van der Waals surface area contributed by atoms with Crippen LogP contribution < -0.4 is 0 Å². The third-order valence-electron chi connectivity index (χ3n) is 3.50. The highest BCUT2D eigenvalue weighted by Gasteiger charge is 2.66. The van der Waals surface area contributed by atoms with Crippen LogP contribution in [0.5, 0.6) is 0 Å². The van der Waals surface area contributed by atoms with Crippen molar-refractivity contribution in [3.05, 3.63) is 53.6 Å². The highest BCUT2D eigenvalue weighted by Crippen LogP contribution is 3.03. The highest BCUT2D eigenvalue weighted by molar-refractivity contribution is 8.45. The molecule has 0 spiro atoms. The Morgan fingerprint density at radius 2 is 1.52 bits per heavy atom. The average molecular weight is 395 g/mol. The van der Waals surface area contributed by atoms with E-state index in [1.807, 2.05) is 26.8 Å². The monoisotopic (exact) mass is 395 g/mol. The van der Waals surface area contributed by atoms with Gasteiger partial charge in [0.25, 0.3) is 0 Å². The maximum absolute atomic E-state index is 13.1. The molecule has 1 nitrogen and oxygen atoms in total. The summed E-state index contributed by atoms with van der Waals surface area (Å²) >= 11 is 4.41. The van der Waals surface area contributed by atoms with Gasteiger partial charge in [-0.15, -0.1) is 12.6 Å². The van der Waals surface area contributed by atoms with Gasteiger partial charge in [0.2, 0.25) is 0 Å². The van der Waals surface area contributed by atoms with Gasteiger partial charge in [-0.2, -0.15) is 0 Å². The van der Waals surface area contributed by atoms with Crippen molar-refractivity contribution in [1.82, 2.24) is 0 Å². The maximum Gasteiger partial charge on any atom is 0.312 e. The lowest BCUT2D eigenvalue weighted by atomic mass is 9.86. The van der Waals surface area contributed by atoms with Gasteiger partial charge >= 0.3 is 10.2 Å². The van der Waals surface area contributed by atoms with Gasteiger partial charge in [0.1, 0.15) is 4.90 Å². The predicted octanol–water partition coefficient (Wildman–Crippen LogP) is 7.68. The van der Waals surface area contributed by atoms with Crippen LogP contribution >= 0.6 is 22.9 Å². The van der Waals surface area contributed by atoms with Gasteiger partial charge < -0.3 is 0 Å². The lowest BCUT2D eigenvalue weighted by Crippen LogP contribution is -2.12. The van der Waals surface area contributed by atoms with Crippen LogP contribution in [0.2, 0.25) is 0 Å². The zero-order valence-electron chi connectivity index (χ0n) is 13.8. The first-order valence-corrected chi connectivity index (χ1v) is 9.69. The Balaban J connectivity index is 2.54. The molecule has 0 amide bonds. The van der Waals surface area contributed by atoms with Gasteiger partial charge in [0.15, 0.2) is 0 Å². The molecule has 25 heavy (non-hydrogen) atoms. The summed E-state index contributed by atoms with van der Waals surface area (Å²) in [6.45, 7) is 5.89. The molecule has 2 aromatic rings. The van der Waals surface area contributed by atoms with Crippen molar-refractivity contribution in [2.45, 2.75) is 36.0 Å². The van der Waals surface area contributed by atoms with E-state index in [1.165, 1.54) is 6.07 Å². The fraction of sp³-hybridized carbons (Fsp3) is 0.235. The van der Waals surface area contributed by atoms with Gasteiger partial charge in [0, 0.05) is 16.7 Å². The SMILES string of the molecule is CC(C)(C)c1cccc(C=Nc2ccccc2S(F)(F)(F)(F)F)c1S. The zero-order valence-corrected chi connectivity index (χ0v) is 15.5. The highest BCUT2D eigenvalue weighted by atomic mass is 32.5. The van der Waals surface area contributed by atoms with E-state index >= 15 is 0 Å². The lowest BCUT2D eigenvalue weighted by Gasteiger charge is -2.41. The Hall–Kier alpha value is -1.54. The van der Waals surface area contributed by atoms with Crippen LogP contribution in [-0.2, 0) is 5.41 Å². The van der Waals surface area contributed by atoms with Crippen LogP contribution in [0, 0.1) is 0 Å². The molecular formula is C17H18F5NS2. The van der Waals surface area contributed by atoms with Gasteiger partial charge in [0.05, 0.1) is 5.69 Å². The summed E-state index contributed by atoms with van der Waals surface area (Å²) in [7, 11) is -9.82. The molecule has 0 unspecified atom stereocenters. The molecule has 0 radical (unpaired) electrons. The van der Waals surface area contributed by atoms with Crippen LogP contribution in [0.3, 0.4) is 0 Å². The van der Waals surface area contributed by atoms with Crippen molar-refractivity contribution < 1.29 is 19.4 Å². The summed E-state index contributed by atoms with van der Waals surface area (Å²) < 4.78 is 65.7. The molecule has 0 saturated heterocycles. The fourth-order valence-corrected chi connectivity index (χ4v) is 3.69. The van der Waals surface area contributed by atoms with Crippen LogP contribution in [0.4, 0.5) is 25.1 Å². The van der Waals surface area contributed by atoms with Gasteiger partial charge in [-0.1, -0.05) is 70.5 Å². The van der Waals surface area contributed by atoms with Crippen molar-refractivity contribution in [2.24, 2.45) is 4.99 Å². The number of rotatable bonds is 3. The molecule has 0 heterocycles. The fourth-order valence-electron chi connectivity index (χ4n) is 2.30. The first-order valence-electron chi connectivity index (χ1n) is 7.29. The smallest absolute Gasteiger partial charge is 0.255 e. The molecule has 0 bridgehead atoms.